The molecule has 2 aromatic rings. The number of nitrogens with one attached hydrogen (secondary N) is 1. The van der Waals surface area contributed by atoms with Crippen molar-refractivity contribution in [1.29, 1.82) is 0 Å². The molecule has 0 aliphatic heterocycles. The molecule has 0 spiro atoms. The van der Waals surface area contributed by atoms with Gasteiger partial charge in [-0.2, -0.15) is 0 Å². The first-order valence-electron chi connectivity index (χ1n) is 6.71. The molecule has 0 unspecified atom stereocenters. The highest BCUT2D eigenvalue weighted by atomic mass is 16.5. The Morgan fingerprint density at radius 3 is 2.80 bits per heavy atom. The SMILES string of the molecule is C/C=C/C(=O)NCCc1c(OC)ccc2ccccc12. The van der Waals surface area contributed by atoms with Crippen molar-refractivity contribution in [2.45, 2.75) is 13.3 Å². The Hall–Kier alpha value is -2.29. The van der Waals surface area contributed by atoms with E-state index in [-0.39, 0.29) is 5.91 Å². The van der Waals surface area contributed by atoms with Crippen LogP contribution in [0.1, 0.15) is 12.5 Å². The maximum absolute atomic E-state index is 11.4. The number of allylic oxidation sites excluding steroid dienone is 1. The summed E-state index contributed by atoms with van der Waals surface area (Å²) in [5.74, 6) is 0.802. The molecule has 2 aromatic carbocycles. The summed E-state index contributed by atoms with van der Waals surface area (Å²) in [7, 11) is 1.67. The minimum atomic E-state index is -0.0632. The number of ether oxygens (including phenoxy) is 1. The average Bonchev–Trinajstić information content (AvgIpc) is 2.47. The maximum atomic E-state index is 11.4. The van der Waals surface area contributed by atoms with Crippen LogP contribution in [0.25, 0.3) is 10.8 Å². The third-order valence-corrected chi connectivity index (χ3v) is 3.21. The minimum absolute atomic E-state index is 0.0632. The number of amides is 1. The molecule has 3 nitrogen and oxygen atoms in total. The van der Waals surface area contributed by atoms with E-state index in [9.17, 15) is 4.79 Å². The Morgan fingerprint density at radius 2 is 2.05 bits per heavy atom. The smallest absolute Gasteiger partial charge is 0.243 e. The molecule has 2 rings (SSSR count). The van der Waals surface area contributed by atoms with Crippen LogP contribution in [0.2, 0.25) is 0 Å². The number of methoxy groups -OCH3 is 1. The molecule has 0 saturated carbocycles. The Balaban J connectivity index is 2.21. The van der Waals surface area contributed by atoms with E-state index in [4.69, 9.17) is 4.74 Å². The Labute approximate surface area is 119 Å². The van der Waals surface area contributed by atoms with Crippen LogP contribution in [0.5, 0.6) is 5.75 Å². The van der Waals surface area contributed by atoms with E-state index in [0.29, 0.717) is 6.54 Å². The fraction of sp³-hybridized carbons (Fsp3) is 0.235. The Kier molecular flexibility index (Phi) is 4.77. The van der Waals surface area contributed by atoms with Gasteiger partial charge in [0.05, 0.1) is 7.11 Å². The molecule has 0 aliphatic rings. The summed E-state index contributed by atoms with van der Waals surface area (Å²) < 4.78 is 5.43. The van der Waals surface area contributed by atoms with E-state index in [1.165, 1.54) is 16.8 Å². The third kappa shape index (κ3) is 3.18. The van der Waals surface area contributed by atoms with Crippen LogP contribution in [-0.4, -0.2) is 19.6 Å². The van der Waals surface area contributed by atoms with E-state index < -0.39 is 0 Å². The highest BCUT2D eigenvalue weighted by Crippen LogP contribution is 2.28. The first-order chi connectivity index (χ1) is 9.76. The second kappa shape index (κ2) is 6.75. The molecule has 0 bridgehead atoms. The molecule has 0 atom stereocenters. The molecule has 0 radical (unpaired) electrons. The van der Waals surface area contributed by atoms with Gasteiger partial charge in [0.15, 0.2) is 0 Å². The molecule has 0 saturated heterocycles. The predicted molar refractivity (Wildman–Crippen MR) is 82.0 cm³/mol. The normalized spacial score (nSPS) is 10.9. The number of hydrogen-bond donors (Lipinski definition) is 1. The third-order valence-electron chi connectivity index (χ3n) is 3.21. The first kappa shape index (κ1) is 14.1. The van der Waals surface area contributed by atoms with Crippen LogP contribution < -0.4 is 10.1 Å². The van der Waals surface area contributed by atoms with Gasteiger partial charge < -0.3 is 10.1 Å². The van der Waals surface area contributed by atoms with E-state index in [2.05, 4.69) is 23.5 Å². The van der Waals surface area contributed by atoms with E-state index in [1.807, 2.05) is 25.1 Å². The minimum Gasteiger partial charge on any atom is -0.496 e. The summed E-state index contributed by atoms with van der Waals surface area (Å²) in [6.07, 6.45) is 4.00. The monoisotopic (exact) mass is 269 g/mol. The van der Waals surface area contributed by atoms with E-state index >= 15 is 0 Å². The van der Waals surface area contributed by atoms with Crippen LogP contribution in [0, 0.1) is 0 Å². The van der Waals surface area contributed by atoms with Crippen molar-refractivity contribution >= 4 is 16.7 Å². The molecular formula is C17H19NO2. The van der Waals surface area contributed by atoms with Crippen LogP contribution in [-0.2, 0) is 11.2 Å². The fourth-order valence-electron chi connectivity index (χ4n) is 2.29. The number of hydrogen-bond acceptors (Lipinski definition) is 2. The zero-order valence-corrected chi connectivity index (χ0v) is 11.8. The van der Waals surface area contributed by atoms with Crippen LogP contribution >= 0.6 is 0 Å². The van der Waals surface area contributed by atoms with Gasteiger partial charge in [0.25, 0.3) is 0 Å². The maximum Gasteiger partial charge on any atom is 0.243 e. The predicted octanol–water partition coefficient (Wildman–Crippen LogP) is 3.08. The molecule has 0 heterocycles. The van der Waals surface area contributed by atoms with Gasteiger partial charge in [-0.05, 0) is 36.3 Å². The molecule has 1 N–H and O–H groups in total. The van der Waals surface area contributed by atoms with Crippen LogP contribution in [0.4, 0.5) is 0 Å². The quantitative estimate of drug-likeness (QED) is 0.847. The second-order valence-corrected chi connectivity index (χ2v) is 4.51. The second-order valence-electron chi connectivity index (χ2n) is 4.51. The zero-order valence-electron chi connectivity index (χ0n) is 11.8. The molecule has 0 aromatic heterocycles. The Bertz CT molecular complexity index is 632. The lowest BCUT2D eigenvalue weighted by Gasteiger charge is -2.12. The van der Waals surface area contributed by atoms with E-state index in [1.54, 1.807) is 13.2 Å². The van der Waals surface area contributed by atoms with Gasteiger partial charge >= 0.3 is 0 Å². The summed E-state index contributed by atoms with van der Waals surface area (Å²) in [5.41, 5.74) is 1.13. The summed E-state index contributed by atoms with van der Waals surface area (Å²) in [6.45, 7) is 2.42. The Morgan fingerprint density at radius 1 is 1.25 bits per heavy atom. The molecule has 3 heteroatoms. The lowest BCUT2D eigenvalue weighted by atomic mass is 10.0. The first-order valence-corrected chi connectivity index (χ1v) is 6.71. The summed E-state index contributed by atoms with van der Waals surface area (Å²) in [4.78, 5) is 11.4. The molecule has 0 aliphatic carbocycles. The van der Waals surface area contributed by atoms with Gasteiger partial charge in [-0.25, -0.2) is 0 Å². The summed E-state index contributed by atoms with van der Waals surface area (Å²) in [5, 5.41) is 5.22. The molecule has 0 fully saturated rings. The highest BCUT2D eigenvalue weighted by Gasteiger charge is 2.08. The highest BCUT2D eigenvalue weighted by molar-refractivity contribution is 5.88. The fourth-order valence-corrected chi connectivity index (χ4v) is 2.29. The van der Waals surface area contributed by atoms with E-state index in [0.717, 1.165) is 17.7 Å². The molecule has 104 valence electrons. The van der Waals surface area contributed by atoms with Crippen molar-refractivity contribution in [3.8, 4) is 5.75 Å². The van der Waals surface area contributed by atoms with Crippen molar-refractivity contribution in [3.05, 3.63) is 54.1 Å². The lowest BCUT2D eigenvalue weighted by Crippen LogP contribution is -2.23. The average molecular weight is 269 g/mol. The largest absolute Gasteiger partial charge is 0.496 e. The molecule has 1 amide bonds. The summed E-state index contributed by atoms with van der Waals surface area (Å²) >= 11 is 0. The van der Waals surface area contributed by atoms with Crippen molar-refractivity contribution in [3.63, 3.8) is 0 Å². The van der Waals surface area contributed by atoms with Gasteiger partial charge in [0, 0.05) is 12.1 Å². The topological polar surface area (TPSA) is 38.3 Å². The number of carbonyl (C=O) groups excluding carboxylic acids is 1. The molecule has 20 heavy (non-hydrogen) atoms. The summed E-state index contributed by atoms with van der Waals surface area (Å²) in [6, 6.07) is 12.2. The lowest BCUT2D eigenvalue weighted by molar-refractivity contribution is -0.116. The number of carbonyl (C=O) groups is 1. The standard InChI is InChI=1S/C17H19NO2/c1-3-6-17(19)18-12-11-15-14-8-5-4-7-13(14)9-10-16(15)20-2/h3-10H,11-12H2,1-2H3,(H,18,19)/b6-3+. The van der Waals surface area contributed by atoms with Crippen molar-refractivity contribution in [2.75, 3.05) is 13.7 Å². The number of benzene rings is 2. The van der Waals surface area contributed by atoms with Crippen LogP contribution in [0.15, 0.2) is 48.6 Å². The molecular weight excluding hydrogens is 250 g/mol. The number of fused-ring (bicyclic) bond motifs is 1. The van der Waals surface area contributed by atoms with Crippen LogP contribution in [0.3, 0.4) is 0 Å². The zero-order chi connectivity index (χ0) is 14.4. The number of rotatable bonds is 5. The van der Waals surface area contributed by atoms with Gasteiger partial charge in [-0.15, -0.1) is 0 Å². The van der Waals surface area contributed by atoms with Crippen molar-refractivity contribution in [1.82, 2.24) is 5.32 Å². The van der Waals surface area contributed by atoms with Crippen molar-refractivity contribution < 1.29 is 9.53 Å². The van der Waals surface area contributed by atoms with Gasteiger partial charge in [-0.1, -0.05) is 36.4 Å². The van der Waals surface area contributed by atoms with Gasteiger partial charge in [0.1, 0.15) is 5.75 Å². The van der Waals surface area contributed by atoms with Crippen molar-refractivity contribution in [2.24, 2.45) is 0 Å². The van der Waals surface area contributed by atoms with Gasteiger partial charge in [0.2, 0.25) is 5.91 Å². The van der Waals surface area contributed by atoms with Gasteiger partial charge in [-0.3, -0.25) is 4.79 Å².